The summed E-state index contributed by atoms with van der Waals surface area (Å²) in [6, 6.07) is 12.4. The Labute approximate surface area is 127 Å². The van der Waals surface area contributed by atoms with E-state index in [2.05, 4.69) is 0 Å². The molecule has 0 aliphatic rings. The first-order chi connectivity index (χ1) is 10.5. The molecule has 6 heteroatoms. The number of ether oxygens (including phenoxy) is 2. The van der Waals surface area contributed by atoms with Gasteiger partial charge in [0.25, 0.3) is 5.69 Å². The van der Waals surface area contributed by atoms with Crippen LogP contribution in [0.1, 0.15) is 17.3 Å². The summed E-state index contributed by atoms with van der Waals surface area (Å²) >= 11 is 0. The molecule has 2 aromatic rings. The Kier molecular flexibility index (Phi) is 4.73. The van der Waals surface area contributed by atoms with Crippen LogP contribution in [0.15, 0.2) is 48.5 Å². The molecule has 0 saturated carbocycles. The normalized spacial score (nSPS) is 11.5. The molecular weight excluding hydrogens is 286 g/mol. The zero-order valence-corrected chi connectivity index (χ0v) is 12.2. The number of nitrogens with zero attached hydrogens (tertiary/aromatic N) is 1. The Morgan fingerprint density at radius 1 is 1.14 bits per heavy atom. The largest absolute Gasteiger partial charge is 0.497 e. The lowest BCUT2D eigenvalue weighted by atomic mass is 10.1. The van der Waals surface area contributed by atoms with Crippen molar-refractivity contribution in [2.45, 2.75) is 13.0 Å². The van der Waals surface area contributed by atoms with Gasteiger partial charge in [-0.2, -0.15) is 0 Å². The van der Waals surface area contributed by atoms with Crippen molar-refractivity contribution in [1.82, 2.24) is 0 Å². The Morgan fingerprint density at radius 2 is 1.82 bits per heavy atom. The van der Waals surface area contributed by atoms with Gasteiger partial charge in [0.2, 0.25) is 5.78 Å². The molecule has 2 rings (SSSR count). The molecule has 0 saturated heterocycles. The van der Waals surface area contributed by atoms with Crippen molar-refractivity contribution in [2.24, 2.45) is 0 Å². The number of hydrogen-bond donors (Lipinski definition) is 0. The van der Waals surface area contributed by atoms with Crippen LogP contribution in [0.2, 0.25) is 0 Å². The van der Waals surface area contributed by atoms with Crippen LogP contribution < -0.4 is 9.47 Å². The molecule has 22 heavy (non-hydrogen) atoms. The quantitative estimate of drug-likeness (QED) is 0.465. The Morgan fingerprint density at radius 3 is 2.41 bits per heavy atom. The van der Waals surface area contributed by atoms with Crippen LogP contribution >= 0.6 is 0 Å². The zero-order valence-electron chi connectivity index (χ0n) is 12.2. The number of methoxy groups -OCH3 is 1. The molecule has 0 aliphatic carbocycles. The van der Waals surface area contributed by atoms with Gasteiger partial charge in [-0.1, -0.05) is 6.07 Å². The topological polar surface area (TPSA) is 78.7 Å². The molecule has 0 N–H and O–H groups in total. The molecular formula is C16H15NO5. The van der Waals surface area contributed by atoms with Crippen molar-refractivity contribution >= 4 is 11.5 Å². The molecule has 114 valence electrons. The first-order valence-electron chi connectivity index (χ1n) is 6.60. The average Bonchev–Trinajstić information content (AvgIpc) is 2.54. The molecule has 6 nitrogen and oxygen atoms in total. The van der Waals surface area contributed by atoms with E-state index in [4.69, 9.17) is 9.47 Å². The Hall–Kier alpha value is -2.89. The third kappa shape index (κ3) is 3.60. The third-order valence-corrected chi connectivity index (χ3v) is 3.09. The summed E-state index contributed by atoms with van der Waals surface area (Å²) in [6.07, 6.45) is -0.754. The van der Waals surface area contributed by atoms with Gasteiger partial charge in [-0.05, 0) is 37.3 Å². The zero-order chi connectivity index (χ0) is 16.1. The maximum absolute atomic E-state index is 12.3. The second-order valence-corrected chi connectivity index (χ2v) is 4.61. The van der Waals surface area contributed by atoms with Crippen LogP contribution in [-0.2, 0) is 0 Å². The maximum Gasteiger partial charge on any atom is 0.273 e. The summed E-state index contributed by atoms with van der Waals surface area (Å²) in [5.41, 5.74) is 0.403. The molecule has 0 heterocycles. The standard InChI is InChI=1S/C16H15NO5/c1-11(16(18)12-6-8-14(21-2)9-7-12)22-15-5-3-4-13(10-15)17(19)20/h3-11H,1-2H3/t11-/m0/s1. The molecule has 0 unspecified atom stereocenters. The van der Waals surface area contributed by atoms with Crippen molar-refractivity contribution in [3.63, 3.8) is 0 Å². The fourth-order valence-corrected chi connectivity index (χ4v) is 1.92. The van der Waals surface area contributed by atoms with Gasteiger partial charge in [0.1, 0.15) is 11.5 Å². The van der Waals surface area contributed by atoms with Gasteiger partial charge in [-0.3, -0.25) is 14.9 Å². The minimum atomic E-state index is -0.754. The van der Waals surface area contributed by atoms with Crippen LogP contribution in [-0.4, -0.2) is 23.9 Å². The van der Waals surface area contributed by atoms with Crippen LogP contribution in [0.4, 0.5) is 5.69 Å². The summed E-state index contributed by atoms with van der Waals surface area (Å²) in [5, 5.41) is 10.7. The summed E-state index contributed by atoms with van der Waals surface area (Å²) in [5.74, 6) is 0.724. The van der Waals surface area contributed by atoms with Gasteiger partial charge in [0, 0.05) is 11.6 Å². The number of non-ortho nitro benzene ring substituents is 1. The first kappa shape index (κ1) is 15.5. The Bertz CT molecular complexity index is 681. The number of Topliss-reactive ketones (excluding diaryl/α,β-unsaturated/α-hetero) is 1. The molecule has 0 aromatic heterocycles. The fourth-order valence-electron chi connectivity index (χ4n) is 1.92. The van der Waals surface area contributed by atoms with Crippen LogP contribution in [0.5, 0.6) is 11.5 Å². The van der Waals surface area contributed by atoms with Crippen molar-refractivity contribution in [1.29, 1.82) is 0 Å². The van der Waals surface area contributed by atoms with Crippen LogP contribution in [0.25, 0.3) is 0 Å². The van der Waals surface area contributed by atoms with Gasteiger partial charge in [0.05, 0.1) is 18.1 Å². The smallest absolute Gasteiger partial charge is 0.273 e. The third-order valence-electron chi connectivity index (χ3n) is 3.09. The second kappa shape index (κ2) is 6.71. The highest BCUT2D eigenvalue weighted by Crippen LogP contribution is 2.21. The van der Waals surface area contributed by atoms with Crippen molar-refractivity contribution in [3.05, 3.63) is 64.2 Å². The fraction of sp³-hybridized carbons (Fsp3) is 0.188. The van der Waals surface area contributed by atoms with Crippen LogP contribution in [0, 0.1) is 10.1 Å². The van der Waals surface area contributed by atoms with E-state index in [1.807, 2.05) is 0 Å². The number of hydrogen-bond acceptors (Lipinski definition) is 5. The predicted molar refractivity (Wildman–Crippen MR) is 80.5 cm³/mol. The van der Waals surface area contributed by atoms with Gasteiger partial charge in [-0.25, -0.2) is 0 Å². The van der Waals surface area contributed by atoms with Gasteiger partial charge in [-0.15, -0.1) is 0 Å². The van der Waals surface area contributed by atoms with E-state index in [9.17, 15) is 14.9 Å². The lowest BCUT2D eigenvalue weighted by molar-refractivity contribution is -0.384. The number of benzene rings is 2. The summed E-state index contributed by atoms with van der Waals surface area (Å²) in [7, 11) is 1.55. The van der Waals surface area contributed by atoms with Crippen molar-refractivity contribution in [2.75, 3.05) is 7.11 Å². The van der Waals surface area contributed by atoms with E-state index in [0.29, 0.717) is 11.3 Å². The minimum Gasteiger partial charge on any atom is -0.497 e. The Balaban J connectivity index is 2.10. The van der Waals surface area contributed by atoms with E-state index in [1.54, 1.807) is 44.4 Å². The number of carbonyl (C=O) groups excluding carboxylic acids is 1. The van der Waals surface area contributed by atoms with E-state index < -0.39 is 11.0 Å². The van der Waals surface area contributed by atoms with E-state index in [0.717, 1.165) is 0 Å². The molecule has 0 radical (unpaired) electrons. The monoisotopic (exact) mass is 301 g/mol. The lowest BCUT2D eigenvalue weighted by Gasteiger charge is -2.13. The number of ketones is 1. The van der Waals surface area contributed by atoms with Crippen molar-refractivity contribution < 1.29 is 19.2 Å². The van der Waals surface area contributed by atoms with Crippen molar-refractivity contribution in [3.8, 4) is 11.5 Å². The summed E-state index contributed by atoms with van der Waals surface area (Å²) in [4.78, 5) is 22.5. The van der Waals surface area contributed by atoms with Gasteiger partial charge >= 0.3 is 0 Å². The highest BCUT2D eigenvalue weighted by molar-refractivity contribution is 5.99. The summed E-state index contributed by atoms with van der Waals surface area (Å²) < 4.78 is 10.5. The SMILES string of the molecule is COc1ccc(C(=O)[C@H](C)Oc2cccc([N+](=O)[O-])c2)cc1. The first-order valence-corrected chi connectivity index (χ1v) is 6.60. The lowest BCUT2D eigenvalue weighted by Crippen LogP contribution is -2.23. The number of nitro benzene ring substituents is 1. The molecule has 0 amide bonds. The second-order valence-electron chi connectivity index (χ2n) is 4.61. The minimum absolute atomic E-state index is 0.0819. The maximum atomic E-state index is 12.3. The molecule has 0 aliphatic heterocycles. The molecule has 0 fully saturated rings. The number of carbonyl (C=O) groups is 1. The van der Waals surface area contributed by atoms with E-state index >= 15 is 0 Å². The molecule has 0 spiro atoms. The average molecular weight is 301 g/mol. The van der Waals surface area contributed by atoms with E-state index in [1.165, 1.54) is 18.2 Å². The number of rotatable bonds is 6. The summed E-state index contributed by atoms with van der Waals surface area (Å²) in [6.45, 7) is 1.60. The predicted octanol–water partition coefficient (Wildman–Crippen LogP) is 3.25. The highest BCUT2D eigenvalue weighted by Gasteiger charge is 2.18. The van der Waals surface area contributed by atoms with Gasteiger partial charge < -0.3 is 9.47 Å². The van der Waals surface area contributed by atoms with E-state index in [-0.39, 0.29) is 17.2 Å². The van der Waals surface area contributed by atoms with Crippen LogP contribution in [0.3, 0.4) is 0 Å². The molecule has 2 aromatic carbocycles. The molecule has 0 bridgehead atoms. The highest BCUT2D eigenvalue weighted by atomic mass is 16.6. The number of nitro groups is 1. The van der Waals surface area contributed by atoms with Gasteiger partial charge in [0.15, 0.2) is 6.10 Å². The molecule has 1 atom stereocenters.